The molecule has 0 spiro atoms. The first-order valence-electron chi connectivity index (χ1n) is 11.1. The van der Waals surface area contributed by atoms with Crippen molar-refractivity contribution in [1.29, 1.82) is 5.26 Å². The van der Waals surface area contributed by atoms with Crippen LogP contribution in [0.2, 0.25) is 0 Å². The average Bonchev–Trinajstić information content (AvgIpc) is 2.65. The van der Waals surface area contributed by atoms with Crippen molar-refractivity contribution in [2.75, 3.05) is 37.3 Å². The summed E-state index contributed by atoms with van der Waals surface area (Å²) in [4.78, 5) is 16.2. The Hall–Kier alpha value is -2.62. The fraction of sp³-hybridized carbons (Fsp3) is 0.667. The smallest absolute Gasteiger partial charge is 0.410 e. The lowest BCUT2D eigenvalue weighted by molar-refractivity contribution is 0.0269. The second-order valence-electron chi connectivity index (χ2n) is 10.5. The molecule has 0 saturated carbocycles. The minimum atomic E-state index is -0.517. The van der Waals surface area contributed by atoms with Gasteiger partial charge >= 0.3 is 6.09 Å². The Morgan fingerprint density at radius 3 is 2.81 bits per heavy atom. The van der Waals surface area contributed by atoms with Gasteiger partial charge in [0.05, 0.1) is 11.4 Å². The summed E-state index contributed by atoms with van der Waals surface area (Å²) < 4.78 is 11.7. The molecule has 0 unspecified atom stereocenters. The Bertz CT molecular complexity index is 882. The Labute approximate surface area is 186 Å². The predicted octanol–water partition coefficient (Wildman–Crippen LogP) is 4.33. The van der Waals surface area contributed by atoms with Gasteiger partial charge in [0.2, 0.25) is 0 Å². The number of piperidine rings is 1. The van der Waals surface area contributed by atoms with Gasteiger partial charge in [-0.2, -0.15) is 5.26 Å². The van der Waals surface area contributed by atoms with Crippen LogP contribution in [-0.2, 0) is 11.2 Å². The number of aryl methyl sites for hydroxylation is 1. The van der Waals surface area contributed by atoms with Crippen molar-refractivity contribution in [3.05, 3.63) is 17.2 Å². The highest BCUT2D eigenvalue weighted by molar-refractivity contribution is 5.80. The van der Waals surface area contributed by atoms with E-state index in [1.807, 2.05) is 26.8 Å². The van der Waals surface area contributed by atoms with Crippen molar-refractivity contribution >= 4 is 17.5 Å². The number of ether oxygens (including phenoxy) is 2. The highest BCUT2D eigenvalue weighted by Gasteiger charge is 2.33. The van der Waals surface area contributed by atoms with E-state index in [1.165, 1.54) is 0 Å². The van der Waals surface area contributed by atoms with Gasteiger partial charge in [0.1, 0.15) is 28.6 Å². The fourth-order valence-corrected chi connectivity index (χ4v) is 4.46. The van der Waals surface area contributed by atoms with Crippen LogP contribution >= 0.6 is 0 Å². The van der Waals surface area contributed by atoms with Crippen molar-refractivity contribution in [3.63, 3.8) is 0 Å². The number of anilines is 2. The lowest BCUT2D eigenvalue weighted by Crippen LogP contribution is -2.43. The number of carbonyl (C=O) groups excluding carboxylic acids is 1. The quantitative estimate of drug-likeness (QED) is 0.721. The molecule has 1 fully saturated rings. The minimum Gasteiger partial charge on any atom is -0.486 e. The average molecular weight is 429 g/mol. The van der Waals surface area contributed by atoms with Crippen LogP contribution in [0, 0.1) is 17.2 Å². The van der Waals surface area contributed by atoms with Crippen LogP contribution in [0.5, 0.6) is 5.75 Å². The summed E-state index contributed by atoms with van der Waals surface area (Å²) >= 11 is 0. The molecule has 1 aromatic rings. The zero-order valence-electron chi connectivity index (χ0n) is 19.7. The summed E-state index contributed by atoms with van der Waals surface area (Å²) in [5.41, 5.74) is 8.57. The lowest BCUT2D eigenvalue weighted by Gasteiger charge is -2.39. The van der Waals surface area contributed by atoms with Gasteiger partial charge in [-0.3, -0.25) is 0 Å². The van der Waals surface area contributed by atoms with Crippen molar-refractivity contribution in [1.82, 2.24) is 4.90 Å². The molecule has 0 bridgehead atoms. The molecule has 2 aliphatic rings. The van der Waals surface area contributed by atoms with E-state index in [9.17, 15) is 10.1 Å². The fourth-order valence-electron chi connectivity index (χ4n) is 4.46. The second kappa shape index (κ2) is 8.49. The number of nitriles is 1. The number of nitrogens with two attached hydrogens (primary N) is 1. The molecule has 2 aliphatic heterocycles. The Morgan fingerprint density at radius 2 is 2.16 bits per heavy atom. The van der Waals surface area contributed by atoms with E-state index in [4.69, 9.17) is 15.2 Å². The topological polar surface area (TPSA) is 91.8 Å². The Balaban J connectivity index is 1.80. The molecule has 1 saturated heterocycles. The maximum Gasteiger partial charge on any atom is 0.410 e. The molecule has 0 aromatic heterocycles. The van der Waals surface area contributed by atoms with Gasteiger partial charge in [-0.1, -0.05) is 0 Å². The van der Waals surface area contributed by atoms with E-state index < -0.39 is 5.60 Å². The molecular weight excluding hydrogens is 392 g/mol. The van der Waals surface area contributed by atoms with Gasteiger partial charge in [-0.25, -0.2) is 4.79 Å². The molecular formula is C24H36N4O3. The maximum absolute atomic E-state index is 12.4. The van der Waals surface area contributed by atoms with Crippen LogP contribution in [0.3, 0.4) is 0 Å². The molecule has 0 radical (unpaired) electrons. The van der Waals surface area contributed by atoms with Crippen molar-refractivity contribution in [2.24, 2.45) is 5.92 Å². The SMILES string of the molecule is CN(C[C@@H]1CCCN(c2c(N)cc3c(c2C#N)OC(C)(C)CC3)C1)C(=O)OC(C)(C)C. The standard InChI is InChI=1S/C24H36N4O3/c1-23(2,3)31-22(29)27(6)14-16-8-7-11-28(15-16)20-18(13-25)21-17(12-19(20)26)9-10-24(4,5)30-21/h12,16H,7-11,14-15,26H2,1-6H3/t16-/m0/s1. The number of amides is 1. The largest absolute Gasteiger partial charge is 0.486 e. The van der Waals surface area contributed by atoms with Crippen molar-refractivity contribution in [3.8, 4) is 11.8 Å². The normalized spacial score (nSPS) is 20.3. The first-order valence-corrected chi connectivity index (χ1v) is 11.1. The van der Waals surface area contributed by atoms with Gasteiger partial charge in [0.15, 0.2) is 0 Å². The lowest BCUT2D eigenvalue weighted by atomic mass is 9.90. The van der Waals surface area contributed by atoms with Crippen LogP contribution < -0.4 is 15.4 Å². The van der Waals surface area contributed by atoms with Crippen molar-refractivity contribution < 1.29 is 14.3 Å². The van der Waals surface area contributed by atoms with Gasteiger partial charge in [0.25, 0.3) is 0 Å². The molecule has 0 aliphatic carbocycles. The van der Waals surface area contributed by atoms with Crippen LogP contribution in [0.4, 0.5) is 16.2 Å². The summed E-state index contributed by atoms with van der Waals surface area (Å²) in [5.74, 6) is 0.946. The Kier molecular flexibility index (Phi) is 6.31. The zero-order chi connectivity index (χ0) is 23.0. The molecule has 3 rings (SSSR count). The van der Waals surface area contributed by atoms with Crippen molar-refractivity contribution in [2.45, 2.75) is 71.5 Å². The summed E-state index contributed by atoms with van der Waals surface area (Å²) in [7, 11) is 1.77. The number of rotatable bonds is 3. The third-order valence-corrected chi connectivity index (χ3v) is 5.92. The maximum atomic E-state index is 12.4. The van der Waals surface area contributed by atoms with E-state index in [2.05, 4.69) is 24.8 Å². The number of fused-ring (bicyclic) bond motifs is 1. The number of hydrogen-bond donors (Lipinski definition) is 1. The first-order chi connectivity index (χ1) is 14.4. The molecule has 1 aromatic carbocycles. The Morgan fingerprint density at radius 1 is 1.45 bits per heavy atom. The van der Waals surface area contributed by atoms with Gasteiger partial charge in [-0.05, 0) is 77.8 Å². The van der Waals surface area contributed by atoms with E-state index in [0.29, 0.717) is 23.5 Å². The molecule has 7 heteroatoms. The molecule has 1 amide bonds. The number of benzene rings is 1. The monoisotopic (exact) mass is 428 g/mol. The highest BCUT2D eigenvalue weighted by Crippen LogP contribution is 2.44. The summed E-state index contributed by atoms with van der Waals surface area (Å²) in [5, 5.41) is 10.0. The summed E-state index contributed by atoms with van der Waals surface area (Å²) in [6.45, 7) is 11.9. The third kappa shape index (κ3) is 5.36. The number of nitrogen functional groups attached to an aromatic ring is 1. The number of hydrogen-bond acceptors (Lipinski definition) is 6. The minimum absolute atomic E-state index is 0.269. The second-order valence-corrected chi connectivity index (χ2v) is 10.5. The summed E-state index contributed by atoms with van der Waals surface area (Å²) in [6, 6.07) is 4.34. The highest BCUT2D eigenvalue weighted by atomic mass is 16.6. The van der Waals surface area contributed by atoms with E-state index in [0.717, 1.165) is 50.0 Å². The number of nitrogens with zero attached hydrogens (tertiary/aromatic N) is 3. The van der Waals surface area contributed by atoms with E-state index in [1.54, 1.807) is 11.9 Å². The molecule has 7 nitrogen and oxygen atoms in total. The van der Waals surface area contributed by atoms with Crippen LogP contribution in [0.15, 0.2) is 6.07 Å². The zero-order valence-corrected chi connectivity index (χ0v) is 19.7. The van der Waals surface area contributed by atoms with E-state index in [-0.39, 0.29) is 17.6 Å². The van der Waals surface area contributed by atoms with Gasteiger partial charge < -0.3 is 25.0 Å². The van der Waals surface area contributed by atoms with Gasteiger partial charge in [-0.15, -0.1) is 0 Å². The van der Waals surface area contributed by atoms with E-state index >= 15 is 0 Å². The molecule has 2 heterocycles. The van der Waals surface area contributed by atoms with Crippen LogP contribution in [-0.4, -0.2) is 48.9 Å². The first kappa shape index (κ1) is 23.1. The predicted molar refractivity (Wildman–Crippen MR) is 122 cm³/mol. The van der Waals surface area contributed by atoms with Gasteiger partial charge in [0, 0.05) is 26.7 Å². The van der Waals surface area contributed by atoms with Crippen LogP contribution in [0.1, 0.15) is 65.0 Å². The molecule has 2 N–H and O–H groups in total. The van der Waals surface area contributed by atoms with Crippen LogP contribution in [0.25, 0.3) is 0 Å². The summed E-state index contributed by atoms with van der Waals surface area (Å²) in [6.07, 6.45) is 3.42. The molecule has 1 atom stereocenters. The third-order valence-electron chi connectivity index (χ3n) is 5.92. The molecule has 170 valence electrons. The molecule has 31 heavy (non-hydrogen) atoms. The number of carbonyl (C=O) groups is 1.